The van der Waals surface area contributed by atoms with Crippen molar-refractivity contribution in [3.8, 4) is 0 Å². The quantitative estimate of drug-likeness (QED) is 0.448. The van der Waals surface area contributed by atoms with E-state index in [2.05, 4.69) is 4.57 Å². The average molecular weight is 476 g/mol. The highest BCUT2D eigenvalue weighted by atomic mass is 127. The van der Waals surface area contributed by atoms with E-state index in [1.165, 1.54) is 0 Å². The Kier molecular flexibility index (Phi) is 7.44. The average Bonchev–Trinajstić information content (AvgIpc) is 2.44. The lowest BCUT2D eigenvalue weighted by molar-refractivity contribution is -0.712. The molecule has 1 atom stereocenters. The summed E-state index contributed by atoms with van der Waals surface area (Å²) in [5, 5.41) is 0. The SMILES string of the molecule is CC(C)(C)OC(=O)N(C(=O)OC(C)(C)C)[C@@H]1CCC[n+]2ccccc21.[I-]. The van der Waals surface area contributed by atoms with Gasteiger partial charge in [-0.3, -0.25) is 0 Å². The van der Waals surface area contributed by atoms with Crippen molar-refractivity contribution in [3.63, 3.8) is 0 Å². The zero-order valence-corrected chi connectivity index (χ0v) is 18.6. The van der Waals surface area contributed by atoms with E-state index in [4.69, 9.17) is 9.47 Å². The van der Waals surface area contributed by atoms with E-state index in [9.17, 15) is 9.59 Å². The van der Waals surface area contributed by atoms with Crippen molar-refractivity contribution in [1.29, 1.82) is 0 Å². The van der Waals surface area contributed by atoms with Crippen LogP contribution in [0.4, 0.5) is 9.59 Å². The lowest BCUT2D eigenvalue weighted by Crippen LogP contribution is -3.00. The number of fused-ring (bicyclic) bond motifs is 1. The van der Waals surface area contributed by atoms with Crippen molar-refractivity contribution in [2.75, 3.05) is 0 Å². The van der Waals surface area contributed by atoms with E-state index in [1.54, 1.807) is 41.5 Å². The predicted molar refractivity (Wildman–Crippen MR) is 92.9 cm³/mol. The number of nitrogens with zero attached hydrogens (tertiary/aromatic N) is 2. The fraction of sp³-hybridized carbons (Fsp3) is 0.632. The number of hydrogen-bond acceptors (Lipinski definition) is 4. The van der Waals surface area contributed by atoms with Gasteiger partial charge in [0.15, 0.2) is 6.20 Å². The molecular weight excluding hydrogens is 447 g/mol. The third kappa shape index (κ3) is 6.10. The lowest BCUT2D eigenvalue weighted by atomic mass is 10.0. The largest absolute Gasteiger partial charge is 1.00 e. The normalized spacial score (nSPS) is 16.8. The first-order chi connectivity index (χ1) is 11.5. The van der Waals surface area contributed by atoms with Gasteiger partial charge in [0.2, 0.25) is 5.69 Å². The molecule has 0 unspecified atom stereocenters. The van der Waals surface area contributed by atoms with E-state index in [0.717, 1.165) is 23.6 Å². The molecule has 0 saturated heterocycles. The number of aryl methyl sites for hydroxylation is 1. The molecule has 26 heavy (non-hydrogen) atoms. The number of amides is 2. The van der Waals surface area contributed by atoms with Crippen LogP contribution in [0.25, 0.3) is 0 Å². The molecule has 2 rings (SSSR count). The van der Waals surface area contributed by atoms with Crippen molar-refractivity contribution in [2.24, 2.45) is 0 Å². The second-order valence-electron chi connectivity index (χ2n) is 8.31. The smallest absolute Gasteiger partial charge is 0.420 e. The number of carbonyl (C=O) groups excluding carboxylic acids is 2. The van der Waals surface area contributed by atoms with Crippen LogP contribution in [0, 0.1) is 0 Å². The third-order valence-electron chi connectivity index (χ3n) is 3.69. The van der Waals surface area contributed by atoms with Crippen molar-refractivity contribution < 1.29 is 47.6 Å². The first-order valence-electron chi connectivity index (χ1n) is 8.71. The Labute approximate surface area is 172 Å². The molecule has 0 aromatic carbocycles. The van der Waals surface area contributed by atoms with Crippen molar-refractivity contribution >= 4 is 12.2 Å². The van der Waals surface area contributed by atoms with E-state index >= 15 is 0 Å². The first-order valence-corrected chi connectivity index (χ1v) is 8.71. The zero-order chi connectivity index (χ0) is 18.8. The van der Waals surface area contributed by atoms with Gasteiger partial charge < -0.3 is 33.5 Å². The molecule has 0 saturated carbocycles. The molecule has 0 bridgehead atoms. The van der Waals surface area contributed by atoms with E-state index in [1.807, 2.05) is 24.4 Å². The topological polar surface area (TPSA) is 59.7 Å². The fourth-order valence-corrected chi connectivity index (χ4v) is 2.81. The number of carbonyl (C=O) groups is 2. The number of rotatable bonds is 1. The fourth-order valence-electron chi connectivity index (χ4n) is 2.81. The molecule has 0 radical (unpaired) electrons. The molecule has 7 heteroatoms. The number of hydrogen-bond donors (Lipinski definition) is 0. The van der Waals surface area contributed by atoms with Crippen molar-refractivity contribution in [2.45, 2.75) is 78.2 Å². The Bertz CT molecular complexity index is 622. The predicted octanol–water partition coefficient (Wildman–Crippen LogP) is 0.985. The summed E-state index contributed by atoms with van der Waals surface area (Å²) >= 11 is 0. The Morgan fingerprint density at radius 1 is 1.04 bits per heavy atom. The van der Waals surface area contributed by atoms with E-state index in [-0.39, 0.29) is 24.0 Å². The second-order valence-corrected chi connectivity index (χ2v) is 8.31. The van der Waals surface area contributed by atoms with Crippen LogP contribution in [0.5, 0.6) is 0 Å². The van der Waals surface area contributed by atoms with Gasteiger partial charge in [-0.05, 0) is 48.0 Å². The maximum absolute atomic E-state index is 12.8. The minimum Gasteiger partial charge on any atom is -1.00 e. The minimum absolute atomic E-state index is 0. The van der Waals surface area contributed by atoms with E-state index < -0.39 is 29.4 Å². The maximum Gasteiger partial charge on any atom is 0.420 e. The number of pyridine rings is 1. The molecule has 1 aliphatic heterocycles. The van der Waals surface area contributed by atoms with Gasteiger partial charge in [-0.2, -0.15) is 4.90 Å². The van der Waals surface area contributed by atoms with Crippen LogP contribution >= 0.6 is 0 Å². The van der Waals surface area contributed by atoms with Crippen LogP contribution < -0.4 is 28.5 Å². The molecule has 1 aliphatic rings. The van der Waals surface area contributed by atoms with Crippen molar-refractivity contribution in [1.82, 2.24) is 4.90 Å². The molecule has 1 aromatic heterocycles. The number of imide groups is 1. The van der Waals surface area contributed by atoms with Gasteiger partial charge >= 0.3 is 12.2 Å². The van der Waals surface area contributed by atoms with Gasteiger partial charge in [-0.25, -0.2) is 14.2 Å². The molecule has 0 N–H and O–H groups in total. The van der Waals surface area contributed by atoms with Crippen LogP contribution in [0.1, 0.15) is 66.1 Å². The Hall–Kier alpha value is -1.38. The maximum atomic E-state index is 12.8. The summed E-state index contributed by atoms with van der Waals surface area (Å²) in [5.41, 5.74) is -0.484. The highest BCUT2D eigenvalue weighted by Crippen LogP contribution is 2.30. The minimum atomic E-state index is -0.696. The van der Waals surface area contributed by atoms with Gasteiger partial charge in [0.1, 0.15) is 23.8 Å². The molecule has 0 aliphatic carbocycles. The molecule has 146 valence electrons. The molecule has 2 heterocycles. The van der Waals surface area contributed by atoms with Gasteiger partial charge in [0.05, 0.1) is 0 Å². The molecule has 6 nitrogen and oxygen atoms in total. The Morgan fingerprint density at radius 3 is 2.08 bits per heavy atom. The third-order valence-corrected chi connectivity index (χ3v) is 3.69. The Balaban J connectivity index is 0.00000338. The Morgan fingerprint density at radius 2 is 1.58 bits per heavy atom. The van der Waals surface area contributed by atoms with Crippen LogP contribution in [-0.4, -0.2) is 28.3 Å². The second kappa shape index (κ2) is 8.54. The number of ether oxygens (including phenoxy) is 2. The monoisotopic (exact) mass is 476 g/mol. The molecular formula is C19H29IN2O4. The van der Waals surface area contributed by atoms with Crippen LogP contribution in [0.15, 0.2) is 24.4 Å². The molecule has 1 aromatic rings. The summed E-state index contributed by atoms with van der Waals surface area (Å²) in [6, 6.07) is 5.38. The number of aromatic nitrogens is 1. The first kappa shape index (κ1) is 22.7. The molecule has 2 amide bonds. The highest BCUT2D eigenvalue weighted by molar-refractivity contribution is 5.88. The summed E-state index contributed by atoms with van der Waals surface area (Å²) in [6.45, 7) is 11.5. The van der Waals surface area contributed by atoms with Gasteiger partial charge in [-0.1, -0.05) is 6.07 Å². The summed E-state index contributed by atoms with van der Waals surface area (Å²) in [4.78, 5) is 26.7. The summed E-state index contributed by atoms with van der Waals surface area (Å²) in [7, 11) is 0. The lowest BCUT2D eigenvalue weighted by Gasteiger charge is -2.33. The number of halogens is 1. The van der Waals surface area contributed by atoms with Crippen LogP contribution in [-0.2, 0) is 16.0 Å². The summed E-state index contributed by atoms with van der Waals surface area (Å²) in [6.07, 6.45) is 2.16. The highest BCUT2D eigenvalue weighted by Gasteiger charge is 2.42. The molecule has 0 spiro atoms. The zero-order valence-electron chi connectivity index (χ0n) is 16.4. The van der Waals surface area contributed by atoms with Crippen molar-refractivity contribution in [3.05, 3.63) is 30.1 Å². The van der Waals surface area contributed by atoms with Gasteiger partial charge in [0.25, 0.3) is 0 Å². The van der Waals surface area contributed by atoms with Gasteiger partial charge in [0, 0.05) is 18.6 Å². The van der Waals surface area contributed by atoms with Crippen LogP contribution in [0.3, 0.4) is 0 Å². The van der Waals surface area contributed by atoms with Gasteiger partial charge in [-0.15, -0.1) is 0 Å². The van der Waals surface area contributed by atoms with E-state index in [0.29, 0.717) is 6.42 Å². The van der Waals surface area contributed by atoms with Crippen LogP contribution in [0.2, 0.25) is 0 Å². The molecule has 0 fully saturated rings. The summed E-state index contributed by atoms with van der Waals surface area (Å²) in [5.74, 6) is 0. The standard InChI is InChI=1S/C19H29N2O4.HI/c1-18(2,3)24-16(22)21(17(23)25-19(4,5)6)15-11-9-13-20-12-8-7-10-14(15)20;/h7-8,10,12,15H,9,11,13H2,1-6H3;1H/q+1;/p-1/t15-;/m1./s1. The summed E-state index contributed by atoms with van der Waals surface area (Å²) < 4.78 is 13.0.